The Morgan fingerprint density at radius 2 is 1.69 bits per heavy atom. The van der Waals surface area contributed by atoms with Crippen molar-refractivity contribution in [2.24, 2.45) is 0 Å². The molecule has 1 aromatic carbocycles. The van der Waals surface area contributed by atoms with Crippen LogP contribution in [0.5, 0.6) is 0 Å². The molecule has 2 aromatic heterocycles. The lowest BCUT2D eigenvalue weighted by Crippen LogP contribution is -2.42. The molecule has 3 aromatic rings. The number of hydrogen-bond donors (Lipinski definition) is 1. The van der Waals surface area contributed by atoms with Crippen molar-refractivity contribution in [3.05, 3.63) is 76.1 Å². The Balaban J connectivity index is 0.000000384. The average Bonchev–Trinajstić information content (AvgIpc) is 3.21. The van der Waals surface area contributed by atoms with Gasteiger partial charge in [0.05, 0.1) is 0 Å². The number of benzene rings is 1. The van der Waals surface area contributed by atoms with Crippen LogP contribution in [0.4, 0.5) is 13.2 Å². The number of aryl methyl sites for hydroxylation is 1. The fourth-order valence-electron chi connectivity index (χ4n) is 4.71. The van der Waals surface area contributed by atoms with Gasteiger partial charge in [-0.25, -0.2) is 4.79 Å². The SMILES string of the molecule is Cc1ccc(-c2nnc3n(c2=O)CCC32CCN(Cc3cccnc3)CC2)cc1.O=C(O)C(F)(F)F. The molecular formula is C25H26F3N5O3. The van der Waals surface area contributed by atoms with Crippen molar-refractivity contribution in [3.63, 3.8) is 0 Å². The maximum Gasteiger partial charge on any atom is 0.490 e. The minimum Gasteiger partial charge on any atom is -0.475 e. The van der Waals surface area contributed by atoms with Crippen LogP contribution < -0.4 is 5.56 Å². The van der Waals surface area contributed by atoms with E-state index in [0.717, 1.165) is 56.8 Å². The van der Waals surface area contributed by atoms with Crippen LogP contribution in [0.3, 0.4) is 0 Å². The number of aromatic nitrogens is 4. The summed E-state index contributed by atoms with van der Waals surface area (Å²) in [6, 6.07) is 12.0. The molecule has 1 spiro atoms. The summed E-state index contributed by atoms with van der Waals surface area (Å²) in [5, 5.41) is 16.1. The number of pyridine rings is 1. The Kier molecular flexibility index (Phi) is 7.21. The third-order valence-corrected chi connectivity index (χ3v) is 6.75. The molecular weight excluding hydrogens is 475 g/mol. The van der Waals surface area contributed by atoms with E-state index in [9.17, 15) is 18.0 Å². The number of piperidine rings is 1. The van der Waals surface area contributed by atoms with Crippen LogP contribution in [-0.2, 0) is 23.3 Å². The number of carbonyl (C=O) groups is 1. The van der Waals surface area contributed by atoms with E-state index < -0.39 is 12.1 Å². The van der Waals surface area contributed by atoms with E-state index >= 15 is 0 Å². The first-order valence-electron chi connectivity index (χ1n) is 11.6. The van der Waals surface area contributed by atoms with Crippen LogP contribution in [0.2, 0.25) is 0 Å². The molecule has 5 rings (SSSR count). The number of likely N-dealkylation sites (tertiary alicyclic amines) is 1. The molecule has 0 saturated carbocycles. The van der Waals surface area contributed by atoms with Gasteiger partial charge in [0.1, 0.15) is 5.82 Å². The van der Waals surface area contributed by atoms with Gasteiger partial charge in [-0.2, -0.15) is 13.2 Å². The standard InChI is InChI=1S/C23H25N5O.C2HF3O2/c1-17-4-6-19(7-5-17)20-21(29)28-14-10-23(22(28)26-25-20)8-12-27(13-9-23)16-18-3-2-11-24-15-18;3-2(4,5)1(6)7/h2-7,11,15H,8-10,12-14,16H2,1H3;(H,6,7). The van der Waals surface area contributed by atoms with Gasteiger partial charge in [0.2, 0.25) is 0 Å². The lowest BCUT2D eigenvalue weighted by atomic mass is 9.76. The predicted octanol–water partition coefficient (Wildman–Crippen LogP) is 3.58. The van der Waals surface area contributed by atoms with E-state index in [-0.39, 0.29) is 11.0 Å². The first kappa shape index (κ1) is 25.5. The number of carboxylic acids is 1. The Hall–Kier alpha value is -3.60. The molecule has 0 unspecified atom stereocenters. The number of halogens is 3. The zero-order valence-corrected chi connectivity index (χ0v) is 19.7. The van der Waals surface area contributed by atoms with Crippen LogP contribution in [0.15, 0.2) is 53.6 Å². The van der Waals surface area contributed by atoms with Crippen molar-refractivity contribution in [3.8, 4) is 11.3 Å². The Morgan fingerprint density at radius 1 is 1.06 bits per heavy atom. The second-order valence-electron chi connectivity index (χ2n) is 9.17. The Bertz CT molecular complexity index is 1270. The van der Waals surface area contributed by atoms with Crippen molar-refractivity contribution in [1.82, 2.24) is 24.6 Å². The Labute approximate surface area is 205 Å². The smallest absolute Gasteiger partial charge is 0.475 e. The molecule has 4 heterocycles. The highest BCUT2D eigenvalue weighted by atomic mass is 19.4. The fourth-order valence-corrected chi connectivity index (χ4v) is 4.71. The maximum atomic E-state index is 13.1. The van der Waals surface area contributed by atoms with Gasteiger partial charge in [0, 0.05) is 36.5 Å². The van der Waals surface area contributed by atoms with Crippen LogP contribution in [0, 0.1) is 6.92 Å². The van der Waals surface area contributed by atoms with E-state index in [1.807, 2.05) is 54.2 Å². The summed E-state index contributed by atoms with van der Waals surface area (Å²) in [6.45, 7) is 5.71. The molecule has 1 N–H and O–H groups in total. The molecule has 0 radical (unpaired) electrons. The van der Waals surface area contributed by atoms with Gasteiger partial charge in [-0.05, 0) is 50.9 Å². The molecule has 0 bridgehead atoms. The summed E-state index contributed by atoms with van der Waals surface area (Å²) in [5.74, 6) is -1.87. The van der Waals surface area contributed by atoms with Crippen LogP contribution in [0.25, 0.3) is 11.3 Å². The predicted molar refractivity (Wildman–Crippen MR) is 125 cm³/mol. The summed E-state index contributed by atoms with van der Waals surface area (Å²) in [4.78, 5) is 28.7. The largest absolute Gasteiger partial charge is 0.490 e. The van der Waals surface area contributed by atoms with Gasteiger partial charge in [0.15, 0.2) is 5.69 Å². The first-order valence-corrected chi connectivity index (χ1v) is 11.6. The molecule has 2 aliphatic rings. The number of nitrogens with zero attached hydrogens (tertiary/aromatic N) is 5. The molecule has 0 amide bonds. The first-order chi connectivity index (χ1) is 17.1. The topological polar surface area (TPSA) is 101 Å². The number of hydrogen-bond acceptors (Lipinski definition) is 6. The number of aliphatic carboxylic acids is 1. The normalized spacial score (nSPS) is 16.8. The van der Waals surface area contributed by atoms with Gasteiger partial charge >= 0.3 is 12.1 Å². The quantitative estimate of drug-likeness (QED) is 0.586. The molecule has 2 aliphatic heterocycles. The molecule has 190 valence electrons. The molecule has 0 aliphatic carbocycles. The highest BCUT2D eigenvalue weighted by Gasteiger charge is 2.44. The molecule has 1 saturated heterocycles. The number of fused-ring (bicyclic) bond motifs is 2. The van der Waals surface area contributed by atoms with E-state index in [4.69, 9.17) is 9.90 Å². The van der Waals surface area contributed by atoms with E-state index in [1.54, 1.807) is 0 Å². The van der Waals surface area contributed by atoms with Crippen molar-refractivity contribution in [1.29, 1.82) is 0 Å². The summed E-state index contributed by atoms with van der Waals surface area (Å²) < 4.78 is 33.6. The molecule has 36 heavy (non-hydrogen) atoms. The van der Waals surface area contributed by atoms with Gasteiger partial charge < -0.3 is 5.11 Å². The van der Waals surface area contributed by atoms with Crippen LogP contribution in [0.1, 0.15) is 36.2 Å². The third kappa shape index (κ3) is 5.46. The third-order valence-electron chi connectivity index (χ3n) is 6.75. The maximum absolute atomic E-state index is 13.1. The molecule has 1 fully saturated rings. The van der Waals surface area contributed by atoms with E-state index in [1.165, 1.54) is 11.1 Å². The number of rotatable bonds is 3. The number of alkyl halides is 3. The fraction of sp³-hybridized carbons (Fsp3) is 0.400. The van der Waals surface area contributed by atoms with Gasteiger partial charge in [-0.3, -0.25) is 19.2 Å². The molecule has 8 nitrogen and oxygen atoms in total. The Morgan fingerprint density at radius 3 is 2.28 bits per heavy atom. The second kappa shape index (κ2) is 10.2. The summed E-state index contributed by atoms with van der Waals surface area (Å²) in [5.41, 5.74) is 3.70. The zero-order chi connectivity index (χ0) is 25.9. The zero-order valence-electron chi connectivity index (χ0n) is 19.7. The second-order valence-corrected chi connectivity index (χ2v) is 9.17. The highest BCUT2D eigenvalue weighted by molar-refractivity contribution is 5.73. The van der Waals surface area contributed by atoms with Gasteiger partial charge in [-0.15, -0.1) is 10.2 Å². The van der Waals surface area contributed by atoms with E-state index in [0.29, 0.717) is 5.69 Å². The molecule has 11 heteroatoms. The van der Waals surface area contributed by atoms with E-state index in [2.05, 4.69) is 26.1 Å². The lowest BCUT2D eigenvalue weighted by molar-refractivity contribution is -0.192. The summed E-state index contributed by atoms with van der Waals surface area (Å²) in [6.07, 6.45) is 1.68. The van der Waals surface area contributed by atoms with Gasteiger partial charge in [0.25, 0.3) is 5.56 Å². The van der Waals surface area contributed by atoms with Crippen LogP contribution >= 0.6 is 0 Å². The molecule has 0 atom stereocenters. The summed E-state index contributed by atoms with van der Waals surface area (Å²) in [7, 11) is 0. The van der Waals surface area contributed by atoms with Crippen molar-refractivity contribution >= 4 is 5.97 Å². The monoisotopic (exact) mass is 501 g/mol. The lowest BCUT2D eigenvalue weighted by Gasteiger charge is -2.38. The van der Waals surface area contributed by atoms with Crippen LogP contribution in [-0.4, -0.2) is 55.0 Å². The minimum atomic E-state index is -5.08. The number of carboxylic acid groups (broad SMARTS) is 1. The summed E-state index contributed by atoms with van der Waals surface area (Å²) >= 11 is 0. The highest BCUT2D eigenvalue weighted by Crippen LogP contribution is 2.41. The average molecular weight is 502 g/mol. The van der Waals surface area contributed by atoms with Gasteiger partial charge in [-0.1, -0.05) is 35.9 Å². The van der Waals surface area contributed by atoms with Crippen molar-refractivity contribution in [2.75, 3.05) is 13.1 Å². The van der Waals surface area contributed by atoms with Crippen molar-refractivity contribution < 1.29 is 23.1 Å². The minimum absolute atomic E-state index is 0.00600. The van der Waals surface area contributed by atoms with Crippen molar-refractivity contribution in [2.45, 2.75) is 50.9 Å².